The fraction of sp³-hybridized carbons (Fsp3) is 0.344. The summed E-state index contributed by atoms with van der Waals surface area (Å²) in [5, 5.41) is 30.4. The van der Waals surface area contributed by atoms with Gasteiger partial charge in [0.15, 0.2) is 5.60 Å². The van der Waals surface area contributed by atoms with Gasteiger partial charge in [0.05, 0.1) is 37.7 Å². The summed E-state index contributed by atoms with van der Waals surface area (Å²) in [5.41, 5.74) is 2.76. The molecule has 0 saturated carbocycles. The third-order valence-corrected chi connectivity index (χ3v) is 7.74. The summed E-state index contributed by atoms with van der Waals surface area (Å²) in [6.07, 6.45) is -4.44. The van der Waals surface area contributed by atoms with Crippen LogP contribution in [0.15, 0.2) is 60.8 Å². The summed E-state index contributed by atoms with van der Waals surface area (Å²) in [7, 11) is 1.33. The first kappa shape index (κ1) is 34.2. The monoisotopic (exact) mass is 645 g/mol. The Morgan fingerprint density at radius 3 is 2.46 bits per heavy atom. The molecule has 1 heterocycles. The van der Waals surface area contributed by atoms with Crippen molar-refractivity contribution in [1.29, 1.82) is 0 Å². The van der Waals surface area contributed by atoms with Gasteiger partial charge in [-0.1, -0.05) is 19.9 Å². The second kappa shape index (κ2) is 13.0. The first-order valence-corrected chi connectivity index (χ1v) is 14.2. The zero-order valence-corrected chi connectivity index (χ0v) is 25.6. The largest absolute Gasteiger partial charge is 0.496 e. The van der Waals surface area contributed by atoms with E-state index in [1.807, 2.05) is 0 Å². The van der Waals surface area contributed by atoms with Gasteiger partial charge in [-0.15, -0.1) is 0 Å². The molecule has 0 aliphatic heterocycles. The molecule has 14 heteroatoms. The number of aliphatic hydroxyl groups is 2. The van der Waals surface area contributed by atoms with Crippen LogP contribution < -0.4 is 21.1 Å². The molecule has 0 radical (unpaired) electrons. The molecule has 2 unspecified atom stereocenters. The predicted molar refractivity (Wildman–Crippen MR) is 163 cm³/mol. The number of halogens is 4. The van der Waals surface area contributed by atoms with E-state index in [2.05, 4.69) is 15.7 Å². The SMILES string of the molecule is COc1ccc(F)cc1C(C)(C)CC(O)(CNc1cc(C)cc2c1cnn2-c1cccc(C(=O)NC(CO)C(N)=O)c1)C(F)(F)F. The van der Waals surface area contributed by atoms with E-state index >= 15 is 0 Å². The van der Waals surface area contributed by atoms with E-state index in [1.165, 1.54) is 50.0 Å². The topological polar surface area (TPSA) is 152 Å². The van der Waals surface area contributed by atoms with Gasteiger partial charge >= 0.3 is 6.18 Å². The number of nitrogens with two attached hydrogens (primary N) is 1. The standard InChI is InChI=1S/C32H35F4N5O5/c1-18-10-24(38-17-31(45,32(34,35)36)16-30(2,3)23-13-20(33)8-9-27(23)46-4)22-14-39-41(26(22)11-18)21-7-5-6-19(12-21)29(44)40-25(15-42)28(37)43/h5-14,25,38,42,45H,15-17H2,1-4H3,(H2,37,43)(H,40,44). The molecule has 3 aromatic carbocycles. The molecule has 246 valence electrons. The van der Waals surface area contributed by atoms with E-state index in [4.69, 9.17) is 10.5 Å². The number of anilines is 1. The van der Waals surface area contributed by atoms with Crippen LogP contribution in [-0.2, 0) is 10.2 Å². The average molecular weight is 646 g/mol. The zero-order chi connectivity index (χ0) is 34.0. The number of ether oxygens (including phenoxy) is 1. The summed E-state index contributed by atoms with van der Waals surface area (Å²) in [6, 6.07) is 11.9. The minimum absolute atomic E-state index is 0.139. The van der Waals surface area contributed by atoms with Crippen molar-refractivity contribution < 1.29 is 42.1 Å². The van der Waals surface area contributed by atoms with Crippen molar-refractivity contribution in [3.63, 3.8) is 0 Å². The van der Waals surface area contributed by atoms with E-state index in [0.29, 0.717) is 22.2 Å². The Bertz CT molecular complexity index is 1760. The Labute approximate surface area is 262 Å². The number of nitrogens with one attached hydrogen (secondary N) is 2. The van der Waals surface area contributed by atoms with E-state index in [9.17, 15) is 37.4 Å². The van der Waals surface area contributed by atoms with Crippen LogP contribution in [0.5, 0.6) is 5.75 Å². The molecular formula is C32H35F4N5O5. The lowest BCUT2D eigenvalue weighted by molar-refractivity contribution is -0.260. The molecule has 0 aliphatic rings. The first-order chi connectivity index (χ1) is 21.5. The summed E-state index contributed by atoms with van der Waals surface area (Å²) in [5.74, 6) is -2.03. The summed E-state index contributed by atoms with van der Waals surface area (Å²) >= 11 is 0. The molecule has 4 aromatic rings. The average Bonchev–Trinajstić information content (AvgIpc) is 3.41. The molecule has 0 fully saturated rings. The zero-order valence-electron chi connectivity index (χ0n) is 25.6. The van der Waals surface area contributed by atoms with Gasteiger partial charge in [0.1, 0.15) is 17.6 Å². The lowest BCUT2D eigenvalue weighted by Crippen LogP contribution is -2.53. The second-order valence-corrected chi connectivity index (χ2v) is 11.8. The molecule has 6 N–H and O–H groups in total. The molecule has 0 aliphatic carbocycles. The summed E-state index contributed by atoms with van der Waals surface area (Å²) < 4.78 is 64.4. The third-order valence-electron chi connectivity index (χ3n) is 7.74. The van der Waals surface area contributed by atoms with Gasteiger partial charge in [0.2, 0.25) is 5.91 Å². The van der Waals surface area contributed by atoms with Crippen molar-refractivity contribution in [1.82, 2.24) is 15.1 Å². The van der Waals surface area contributed by atoms with Crippen molar-refractivity contribution in [2.24, 2.45) is 5.73 Å². The van der Waals surface area contributed by atoms with Gasteiger partial charge in [-0.3, -0.25) is 9.59 Å². The van der Waals surface area contributed by atoms with Gasteiger partial charge in [0.25, 0.3) is 5.91 Å². The van der Waals surface area contributed by atoms with E-state index in [-0.39, 0.29) is 22.6 Å². The molecule has 4 rings (SSSR count). The van der Waals surface area contributed by atoms with Crippen LogP contribution in [0.3, 0.4) is 0 Å². The molecular weight excluding hydrogens is 610 g/mol. The smallest absolute Gasteiger partial charge is 0.418 e. The third kappa shape index (κ3) is 7.07. The molecule has 0 saturated heterocycles. The van der Waals surface area contributed by atoms with Crippen molar-refractivity contribution in [3.8, 4) is 11.4 Å². The lowest BCUT2D eigenvalue weighted by Gasteiger charge is -2.38. The van der Waals surface area contributed by atoms with Crippen LogP contribution in [0.1, 0.15) is 41.8 Å². The van der Waals surface area contributed by atoms with Crippen LogP contribution in [0.4, 0.5) is 23.2 Å². The summed E-state index contributed by atoms with van der Waals surface area (Å²) in [6.45, 7) is 3.08. The van der Waals surface area contributed by atoms with Gasteiger partial charge in [0, 0.05) is 22.2 Å². The quantitative estimate of drug-likeness (QED) is 0.145. The predicted octanol–water partition coefficient (Wildman–Crippen LogP) is 4.13. The first-order valence-electron chi connectivity index (χ1n) is 14.2. The highest BCUT2D eigenvalue weighted by Crippen LogP contribution is 2.44. The number of carbonyl (C=O) groups excluding carboxylic acids is 2. The van der Waals surface area contributed by atoms with Crippen LogP contribution in [0.2, 0.25) is 0 Å². The number of alkyl halides is 3. The Morgan fingerprint density at radius 1 is 1.11 bits per heavy atom. The molecule has 0 spiro atoms. The normalized spacial score (nSPS) is 14.0. The Hall–Kier alpha value is -4.69. The highest BCUT2D eigenvalue weighted by Gasteiger charge is 2.56. The van der Waals surface area contributed by atoms with E-state index in [1.54, 1.807) is 31.2 Å². The number of aromatic nitrogens is 2. The Morgan fingerprint density at radius 2 is 1.83 bits per heavy atom. The second-order valence-electron chi connectivity index (χ2n) is 11.8. The minimum atomic E-state index is -5.06. The molecule has 46 heavy (non-hydrogen) atoms. The number of carbonyl (C=O) groups is 2. The van der Waals surface area contributed by atoms with Crippen LogP contribution in [-0.4, -0.2) is 69.9 Å². The summed E-state index contributed by atoms with van der Waals surface area (Å²) in [4.78, 5) is 24.1. The number of aryl methyl sites for hydroxylation is 1. The van der Waals surface area contributed by atoms with Crippen molar-refractivity contribution in [2.45, 2.75) is 50.4 Å². The molecule has 0 bridgehead atoms. The number of hydrogen-bond acceptors (Lipinski definition) is 7. The number of rotatable bonds is 12. The number of methoxy groups -OCH3 is 1. The highest BCUT2D eigenvalue weighted by molar-refractivity contribution is 5.98. The van der Waals surface area contributed by atoms with Crippen molar-refractivity contribution in [3.05, 3.63) is 83.3 Å². The van der Waals surface area contributed by atoms with Crippen LogP contribution >= 0.6 is 0 Å². The van der Waals surface area contributed by atoms with Crippen molar-refractivity contribution in [2.75, 3.05) is 25.6 Å². The molecule has 1 aromatic heterocycles. The van der Waals surface area contributed by atoms with E-state index in [0.717, 1.165) is 12.1 Å². The maximum Gasteiger partial charge on any atom is 0.418 e. The number of hydrogen-bond donors (Lipinski definition) is 5. The number of amides is 2. The van der Waals surface area contributed by atoms with Crippen LogP contribution in [0.25, 0.3) is 16.6 Å². The fourth-order valence-corrected chi connectivity index (χ4v) is 5.39. The van der Waals surface area contributed by atoms with Crippen LogP contribution in [0, 0.1) is 12.7 Å². The van der Waals surface area contributed by atoms with E-state index < -0.39 is 60.4 Å². The van der Waals surface area contributed by atoms with Gasteiger partial charge < -0.3 is 31.3 Å². The molecule has 10 nitrogen and oxygen atoms in total. The number of primary amides is 1. The maximum atomic E-state index is 14.5. The number of aliphatic hydroxyl groups excluding tert-OH is 1. The number of benzene rings is 3. The van der Waals surface area contributed by atoms with Gasteiger partial charge in [-0.05, 0) is 72.9 Å². The maximum absolute atomic E-state index is 14.5. The van der Waals surface area contributed by atoms with Gasteiger partial charge in [-0.2, -0.15) is 18.3 Å². The number of nitrogens with zero attached hydrogens (tertiary/aromatic N) is 2. The van der Waals surface area contributed by atoms with Crippen molar-refractivity contribution >= 4 is 28.4 Å². The minimum Gasteiger partial charge on any atom is -0.496 e. The lowest BCUT2D eigenvalue weighted by atomic mass is 9.74. The molecule has 2 amide bonds. The highest BCUT2D eigenvalue weighted by atomic mass is 19.4. The Kier molecular flexibility index (Phi) is 9.64. The molecule has 2 atom stereocenters. The Balaban J connectivity index is 1.65. The van der Waals surface area contributed by atoms with Gasteiger partial charge in [-0.25, -0.2) is 9.07 Å². The number of fused-ring (bicyclic) bond motifs is 1. The fourth-order valence-electron chi connectivity index (χ4n) is 5.39.